The number of hydrogen-bond acceptors (Lipinski definition) is 9. The Bertz CT molecular complexity index is 1400. The second-order valence-corrected chi connectivity index (χ2v) is 8.80. The number of carbonyl (C=O) groups excluding carboxylic acids is 3. The number of hydrogen-bond donors (Lipinski definition) is 4. The number of ether oxygens (including phenoxy) is 1. The number of aromatic nitrogens is 4. The number of nitrogens with one attached hydrogen (secondary N) is 2. The van der Waals surface area contributed by atoms with Gasteiger partial charge in [0.25, 0.3) is 5.91 Å². The zero-order valence-electron chi connectivity index (χ0n) is 21.1. The molecule has 0 spiro atoms. The van der Waals surface area contributed by atoms with Crippen LogP contribution in [0.4, 0.5) is 23.1 Å². The first kappa shape index (κ1) is 26.1. The van der Waals surface area contributed by atoms with E-state index >= 15 is 0 Å². The maximum absolute atomic E-state index is 12.1. The van der Waals surface area contributed by atoms with Crippen molar-refractivity contribution in [3.63, 3.8) is 0 Å². The second kappa shape index (κ2) is 11.0. The molecule has 13 nitrogen and oxygen atoms in total. The van der Waals surface area contributed by atoms with E-state index in [1.54, 1.807) is 35.0 Å². The molecule has 0 unspecified atom stereocenters. The van der Waals surface area contributed by atoms with Crippen LogP contribution in [0, 0.1) is 6.92 Å². The van der Waals surface area contributed by atoms with E-state index in [9.17, 15) is 14.4 Å². The summed E-state index contributed by atoms with van der Waals surface area (Å²) in [5, 5.41) is 10.6. The first-order chi connectivity index (χ1) is 18.2. The predicted molar refractivity (Wildman–Crippen MR) is 141 cm³/mol. The van der Waals surface area contributed by atoms with Crippen LogP contribution in [0.5, 0.6) is 5.75 Å². The summed E-state index contributed by atoms with van der Waals surface area (Å²) >= 11 is 0. The van der Waals surface area contributed by atoms with Gasteiger partial charge < -0.3 is 31.7 Å². The zero-order chi connectivity index (χ0) is 27.4. The van der Waals surface area contributed by atoms with Gasteiger partial charge in [0.2, 0.25) is 17.8 Å². The van der Waals surface area contributed by atoms with Gasteiger partial charge >= 0.3 is 0 Å². The van der Waals surface area contributed by atoms with Crippen LogP contribution in [0.3, 0.4) is 0 Å². The third-order valence-corrected chi connectivity index (χ3v) is 6.22. The number of benzene rings is 1. The maximum Gasteiger partial charge on any atom is 0.254 e. The van der Waals surface area contributed by atoms with Gasteiger partial charge in [0, 0.05) is 31.0 Å². The fourth-order valence-electron chi connectivity index (χ4n) is 4.29. The molecule has 1 aromatic carbocycles. The van der Waals surface area contributed by atoms with E-state index < -0.39 is 11.8 Å². The molecular weight excluding hydrogens is 490 g/mol. The lowest BCUT2D eigenvalue weighted by Gasteiger charge is -2.32. The third-order valence-electron chi connectivity index (χ3n) is 6.22. The fourth-order valence-corrected chi connectivity index (χ4v) is 4.29. The summed E-state index contributed by atoms with van der Waals surface area (Å²) in [5.41, 5.74) is 13.0. The Hall–Kier alpha value is -4.94. The Kier molecular flexibility index (Phi) is 7.55. The summed E-state index contributed by atoms with van der Waals surface area (Å²) in [7, 11) is 1.45. The molecule has 1 aliphatic heterocycles. The van der Waals surface area contributed by atoms with Crippen LogP contribution in [0.15, 0.2) is 43.4 Å². The summed E-state index contributed by atoms with van der Waals surface area (Å²) in [6.45, 7) is 6.55. The molecular formula is C25H29N9O4. The van der Waals surface area contributed by atoms with Gasteiger partial charge in [-0.2, -0.15) is 10.1 Å². The van der Waals surface area contributed by atoms with E-state index in [1.165, 1.54) is 25.4 Å². The van der Waals surface area contributed by atoms with Gasteiger partial charge in [0.15, 0.2) is 0 Å². The number of amides is 3. The van der Waals surface area contributed by atoms with Crippen molar-refractivity contribution in [3.05, 3.63) is 60.1 Å². The SMILES string of the molecule is C=CC(=O)N1CCC[C@@H](n2cc(Nc3ncc(C(N)=O)c(Nc4c(C)cc(C(N)=O)cc4OC)n3)cn2)C1. The van der Waals surface area contributed by atoms with Crippen molar-refractivity contribution in [1.29, 1.82) is 0 Å². The van der Waals surface area contributed by atoms with E-state index in [0.29, 0.717) is 35.8 Å². The molecule has 2 aromatic heterocycles. The Morgan fingerprint density at radius 2 is 1.97 bits per heavy atom. The van der Waals surface area contributed by atoms with E-state index in [1.807, 2.05) is 0 Å². The highest BCUT2D eigenvalue weighted by Gasteiger charge is 2.24. The molecule has 1 atom stereocenters. The molecule has 3 heterocycles. The van der Waals surface area contributed by atoms with Gasteiger partial charge in [0.05, 0.1) is 30.7 Å². The fraction of sp³-hybridized carbons (Fsp3) is 0.280. The number of primary amides is 2. The molecule has 3 amide bonds. The Morgan fingerprint density at radius 1 is 1.18 bits per heavy atom. The lowest BCUT2D eigenvalue weighted by Crippen LogP contribution is -2.39. The van der Waals surface area contributed by atoms with Crippen molar-refractivity contribution in [3.8, 4) is 5.75 Å². The van der Waals surface area contributed by atoms with Gasteiger partial charge in [0.1, 0.15) is 17.1 Å². The number of anilines is 4. The number of methoxy groups -OCH3 is 1. The van der Waals surface area contributed by atoms with Crippen molar-refractivity contribution < 1.29 is 19.1 Å². The first-order valence-corrected chi connectivity index (χ1v) is 11.8. The summed E-state index contributed by atoms with van der Waals surface area (Å²) in [6, 6.07) is 3.11. The largest absolute Gasteiger partial charge is 0.495 e. The van der Waals surface area contributed by atoms with Crippen molar-refractivity contribution in [2.24, 2.45) is 11.5 Å². The van der Waals surface area contributed by atoms with Gasteiger partial charge in [-0.25, -0.2) is 4.98 Å². The molecule has 13 heteroatoms. The average Bonchev–Trinajstić information content (AvgIpc) is 3.37. The molecule has 0 aliphatic carbocycles. The standard InChI is InChI=1S/C25H29N9O4/c1-4-20(35)33-7-5-6-17(13-33)34-12-16(10-29-34)30-25-28-11-18(23(27)37)24(32-25)31-21-14(2)8-15(22(26)36)9-19(21)38-3/h4,8-12,17H,1,5-7,13H2,2-3H3,(H2,26,36)(H2,27,37)(H2,28,30,31,32)/t17-/m1/s1. The minimum atomic E-state index is -0.729. The minimum absolute atomic E-state index is 0.0254. The lowest BCUT2D eigenvalue weighted by atomic mass is 10.1. The van der Waals surface area contributed by atoms with Crippen LogP contribution in [0.2, 0.25) is 0 Å². The molecule has 1 saturated heterocycles. The van der Waals surface area contributed by atoms with E-state index in [4.69, 9.17) is 16.2 Å². The number of aryl methyl sites for hydroxylation is 1. The van der Waals surface area contributed by atoms with Crippen molar-refractivity contribution in [1.82, 2.24) is 24.6 Å². The summed E-state index contributed by atoms with van der Waals surface area (Å²) in [6.07, 6.45) is 7.81. The summed E-state index contributed by atoms with van der Waals surface area (Å²) in [5.74, 6) is -0.762. The smallest absolute Gasteiger partial charge is 0.254 e. The average molecular weight is 520 g/mol. The van der Waals surface area contributed by atoms with Crippen LogP contribution in [-0.2, 0) is 4.79 Å². The van der Waals surface area contributed by atoms with Crippen LogP contribution in [0.25, 0.3) is 0 Å². The van der Waals surface area contributed by atoms with E-state index in [0.717, 1.165) is 12.8 Å². The number of rotatable bonds is 9. The third kappa shape index (κ3) is 5.56. The molecule has 6 N–H and O–H groups in total. The van der Waals surface area contributed by atoms with Crippen LogP contribution in [0.1, 0.15) is 45.2 Å². The molecule has 0 saturated carbocycles. The molecule has 3 aromatic rings. The monoisotopic (exact) mass is 519 g/mol. The molecule has 38 heavy (non-hydrogen) atoms. The molecule has 1 aliphatic rings. The van der Waals surface area contributed by atoms with Gasteiger partial charge in [-0.05, 0) is 43.5 Å². The van der Waals surface area contributed by atoms with Crippen molar-refractivity contribution in [2.45, 2.75) is 25.8 Å². The summed E-state index contributed by atoms with van der Waals surface area (Å²) < 4.78 is 7.22. The molecule has 0 radical (unpaired) electrons. The van der Waals surface area contributed by atoms with E-state index in [-0.39, 0.29) is 34.8 Å². The molecule has 198 valence electrons. The van der Waals surface area contributed by atoms with E-state index in [2.05, 4.69) is 32.3 Å². The number of piperidine rings is 1. The lowest BCUT2D eigenvalue weighted by molar-refractivity contribution is -0.127. The Balaban J connectivity index is 1.58. The molecule has 0 bridgehead atoms. The maximum atomic E-state index is 12.1. The highest BCUT2D eigenvalue weighted by Crippen LogP contribution is 2.33. The van der Waals surface area contributed by atoms with Crippen LogP contribution < -0.4 is 26.8 Å². The highest BCUT2D eigenvalue weighted by molar-refractivity contribution is 5.99. The Labute approximate surface area is 218 Å². The highest BCUT2D eigenvalue weighted by atomic mass is 16.5. The van der Waals surface area contributed by atoms with Gasteiger partial charge in [-0.1, -0.05) is 6.58 Å². The van der Waals surface area contributed by atoms with Gasteiger partial charge in [-0.15, -0.1) is 0 Å². The van der Waals surface area contributed by atoms with Crippen molar-refractivity contribution >= 4 is 40.9 Å². The topological polar surface area (TPSA) is 183 Å². The minimum Gasteiger partial charge on any atom is -0.495 e. The normalized spacial score (nSPS) is 15.0. The molecule has 4 rings (SSSR count). The van der Waals surface area contributed by atoms with Crippen LogP contribution in [-0.4, -0.2) is 62.6 Å². The second-order valence-electron chi connectivity index (χ2n) is 8.80. The quantitative estimate of drug-likeness (QED) is 0.307. The summed E-state index contributed by atoms with van der Waals surface area (Å²) in [4.78, 5) is 46.2. The number of nitrogens with two attached hydrogens (primary N) is 2. The number of carbonyl (C=O) groups is 3. The Morgan fingerprint density at radius 3 is 2.66 bits per heavy atom. The number of likely N-dealkylation sites (tertiary alicyclic amines) is 1. The van der Waals surface area contributed by atoms with Gasteiger partial charge in [-0.3, -0.25) is 19.1 Å². The predicted octanol–water partition coefficient (Wildman–Crippen LogP) is 2.02. The zero-order valence-corrected chi connectivity index (χ0v) is 21.1. The van der Waals surface area contributed by atoms with Crippen molar-refractivity contribution in [2.75, 3.05) is 30.8 Å². The first-order valence-electron chi connectivity index (χ1n) is 11.8. The molecule has 1 fully saturated rings. The van der Waals surface area contributed by atoms with Crippen LogP contribution >= 0.6 is 0 Å². The number of nitrogens with zero attached hydrogens (tertiary/aromatic N) is 5.